The molecule has 4 aromatic rings. The first-order valence-corrected chi connectivity index (χ1v) is 13.1. The molecule has 1 saturated heterocycles. The summed E-state index contributed by atoms with van der Waals surface area (Å²) in [7, 11) is 0. The molecule has 11 nitrogen and oxygen atoms in total. The van der Waals surface area contributed by atoms with Crippen molar-refractivity contribution in [3.63, 3.8) is 0 Å². The van der Waals surface area contributed by atoms with Gasteiger partial charge in [-0.3, -0.25) is 24.2 Å². The van der Waals surface area contributed by atoms with Crippen LogP contribution in [0.15, 0.2) is 49.1 Å². The van der Waals surface area contributed by atoms with Crippen LogP contribution in [0.3, 0.4) is 0 Å². The lowest BCUT2D eigenvalue weighted by molar-refractivity contribution is -0.138. The summed E-state index contributed by atoms with van der Waals surface area (Å²) < 4.78 is 43.8. The number of amides is 2. The summed E-state index contributed by atoms with van der Waals surface area (Å²) in [6.45, 7) is 0.291. The van der Waals surface area contributed by atoms with Gasteiger partial charge in [0.2, 0.25) is 6.41 Å². The second-order valence-electron chi connectivity index (χ2n) is 10.3. The number of pyridine rings is 2. The van der Waals surface area contributed by atoms with E-state index in [0.29, 0.717) is 35.7 Å². The molecule has 0 spiro atoms. The van der Waals surface area contributed by atoms with E-state index in [1.54, 1.807) is 27.7 Å². The number of rotatable bonds is 7. The van der Waals surface area contributed by atoms with E-state index in [0.717, 1.165) is 37.7 Å². The van der Waals surface area contributed by atoms with Crippen LogP contribution in [0.2, 0.25) is 0 Å². The highest BCUT2D eigenvalue weighted by molar-refractivity contribution is 5.95. The van der Waals surface area contributed by atoms with Crippen LogP contribution in [0.25, 0.3) is 16.9 Å². The first kappa shape index (κ1) is 26.4. The van der Waals surface area contributed by atoms with Crippen LogP contribution in [0.5, 0.6) is 0 Å². The summed E-state index contributed by atoms with van der Waals surface area (Å²) in [5, 5.41) is 18.8. The quantitative estimate of drug-likeness (QED) is 0.314. The van der Waals surface area contributed by atoms with Crippen molar-refractivity contribution >= 4 is 23.9 Å². The van der Waals surface area contributed by atoms with Crippen molar-refractivity contribution in [1.29, 1.82) is 5.26 Å². The van der Waals surface area contributed by atoms with Crippen LogP contribution < -0.4 is 4.90 Å². The van der Waals surface area contributed by atoms with Crippen molar-refractivity contribution in [2.24, 2.45) is 0 Å². The van der Waals surface area contributed by atoms with Gasteiger partial charge in [0.25, 0.3) is 11.9 Å². The van der Waals surface area contributed by atoms with Crippen LogP contribution in [0, 0.1) is 11.3 Å². The fraction of sp³-hybridized carbons (Fsp3) is 0.370. The van der Waals surface area contributed by atoms with Gasteiger partial charge in [0.1, 0.15) is 0 Å². The molecular formula is C27H24F3N9O2. The Hall–Kier alpha value is -4.80. The largest absolute Gasteiger partial charge is 0.417 e. The first-order valence-electron chi connectivity index (χ1n) is 13.1. The predicted molar refractivity (Wildman–Crippen MR) is 138 cm³/mol. The average molecular weight is 564 g/mol. The summed E-state index contributed by atoms with van der Waals surface area (Å²) in [6, 6.07) is 8.57. The van der Waals surface area contributed by atoms with Crippen LogP contribution >= 0.6 is 0 Å². The summed E-state index contributed by atoms with van der Waals surface area (Å²) in [4.78, 5) is 35.8. The molecular weight excluding hydrogens is 539 g/mol. The molecule has 5 heterocycles. The zero-order chi connectivity index (χ0) is 28.8. The number of carbonyl (C=O) groups is 2. The smallest absolute Gasteiger partial charge is 0.338 e. The van der Waals surface area contributed by atoms with Crippen LogP contribution in [-0.4, -0.2) is 65.7 Å². The van der Waals surface area contributed by atoms with E-state index in [2.05, 4.69) is 26.2 Å². The third-order valence-electron chi connectivity index (χ3n) is 7.74. The van der Waals surface area contributed by atoms with E-state index in [1.165, 1.54) is 9.80 Å². The number of anilines is 1. The maximum absolute atomic E-state index is 13.5. The molecule has 14 heteroatoms. The Morgan fingerprint density at radius 2 is 1.98 bits per heavy atom. The first-order chi connectivity index (χ1) is 19.7. The number of fused-ring (bicyclic) bond motifs is 1. The van der Waals surface area contributed by atoms with Gasteiger partial charge < -0.3 is 4.90 Å². The number of aromatic nitrogens is 6. The SMILES string of the molecule is N#CCC1(n2cc(-c3cccc4nc(N(C=O)C5CC5)nn34)cn2)CCN(C(=O)c2cnccc2C(F)(F)F)CC1. The van der Waals surface area contributed by atoms with Crippen molar-refractivity contribution in [2.45, 2.75) is 49.9 Å². The molecule has 2 aliphatic rings. The Bertz CT molecular complexity index is 1660. The minimum absolute atomic E-state index is 0.101. The third-order valence-corrected chi connectivity index (χ3v) is 7.74. The molecule has 1 saturated carbocycles. The van der Waals surface area contributed by atoms with E-state index in [-0.39, 0.29) is 25.6 Å². The molecule has 0 N–H and O–H groups in total. The number of nitriles is 1. The fourth-order valence-corrected chi connectivity index (χ4v) is 5.33. The topological polar surface area (TPSA) is 125 Å². The van der Waals surface area contributed by atoms with Crippen LogP contribution in [0.1, 0.15) is 48.0 Å². The zero-order valence-electron chi connectivity index (χ0n) is 21.7. The lowest BCUT2D eigenvalue weighted by Crippen LogP contribution is -2.48. The van der Waals surface area contributed by atoms with Crippen LogP contribution in [0.4, 0.5) is 19.1 Å². The average Bonchev–Trinajstić information content (AvgIpc) is 3.50. The highest BCUT2D eigenvalue weighted by atomic mass is 19.4. The van der Waals surface area contributed by atoms with Crippen molar-refractivity contribution in [2.75, 3.05) is 18.0 Å². The Labute approximate surface area is 231 Å². The molecule has 1 aliphatic heterocycles. The standard InChI is InChI=1S/C27H24F3N9O2/c28-27(29,30)21-6-11-32-15-20(21)24(41)36-12-8-26(7-10-31,9-13-36)38-16-18(14-33-38)22-2-1-3-23-34-25(35-39(22)23)37(17-40)19-4-5-19/h1-3,6,11,14-17,19H,4-5,7-9,12-13H2. The molecule has 0 unspecified atom stereocenters. The summed E-state index contributed by atoms with van der Waals surface area (Å²) in [6.07, 6.45) is 4.01. The van der Waals surface area contributed by atoms with Crippen molar-refractivity contribution in [3.8, 4) is 17.3 Å². The van der Waals surface area contributed by atoms with Gasteiger partial charge in [-0.1, -0.05) is 6.07 Å². The predicted octanol–water partition coefficient (Wildman–Crippen LogP) is 3.68. The number of nitrogens with zero attached hydrogens (tertiary/aromatic N) is 9. The molecule has 2 fully saturated rings. The van der Waals surface area contributed by atoms with Crippen molar-refractivity contribution in [3.05, 3.63) is 60.2 Å². The molecule has 210 valence electrons. The molecule has 0 bridgehead atoms. The van der Waals surface area contributed by atoms with Gasteiger partial charge in [0.05, 0.1) is 41.0 Å². The molecule has 0 atom stereocenters. The van der Waals surface area contributed by atoms with Crippen molar-refractivity contribution < 1.29 is 22.8 Å². The van der Waals surface area contributed by atoms with Gasteiger partial charge in [0, 0.05) is 43.3 Å². The minimum atomic E-state index is -4.68. The van der Waals surface area contributed by atoms with Crippen molar-refractivity contribution in [1.82, 2.24) is 34.3 Å². The zero-order valence-corrected chi connectivity index (χ0v) is 21.7. The van der Waals surface area contributed by atoms with Gasteiger partial charge in [-0.05, 0) is 43.9 Å². The molecule has 2 amide bonds. The number of hydrogen-bond donors (Lipinski definition) is 0. The normalized spacial score (nSPS) is 16.9. The molecule has 0 aromatic carbocycles. The van der Waals surface area contributed by atoms with Gasteiger partial charge in [-0.25, -0.2) is 4.52 Å². The second kappa shape index (κ2) is 9.99. The van der Waals surface area contributed by atoms with E-state index >= 15 is 0 Å². The lowest BCUT2D eigenvalue weighted by Gasteiger charge is -2.41. The Balaban J connectivity index is 1.26. The number of carbonyl (C=O) groups excluding carboxylic acids is 2. The summed E-state index contributed by atoms with van der Waals surface area (Å²) >= 11 is 0. The Kier molecular flexibility index (Phi) is 6.44. The number of alkyl halides is 3. The third kappa shape index (κ3) is 4.77. The van der Waals surface area contributed by atoms with Gasteiger partial charge >= 0.3 is 6.18 Å². The van der Waals surface area contributed by atoms with E-state index in [4.69, 9.17) is 0 Å². The number of hydrogen-bond acceptors (Lipinski definition) is 7. The lowest BCUT2D eigenvalue weighted by atomic mass is 9.84. The van der Waals surface area contributed by atoms with Crippen LogP contribution in [-0.2, 0) is 16.5 Å². The van der Waals surface area contributed by atoms with E-state index in [9.17, 15) is 28.0 Å². The molecule has 41 heavy (non-hydrogen) atoms. The number of likely N-dealkylation sites (tertiary alicyclic amines) is 1. The molecule has 1 aliphatic carbocycles. The maximum Gasteiger partial charge on any atom is 0.417 e. The molecule has 4 aromatic heterocycles. The Morgan fingerprint density at radius 1 is 1.20 bits per heavy atom. The highest BCUT2D eigenvalue weighted by Gasteiger charge is 2.41. The number of halogens is 3. The van der Waals surface area contributed by atoms with Gasteiger partial charge in [-0.15, -0.1) is 5.10 Å². The van der Waals surface area contributed by atoms with Gasteiger partial charge in [-0.2, -0.15) is 28.5 Å². The van der Waals surface area contributed by atoms with E-state index < -0.39 is 28.7 Å². The Morgan fingerprint density at radius 3 is 2.66 bits per heavy atom. The fourth-order valence-electron chi connectivity index (χ4n) is 5.33. The van der Waals surface area contributed by atoms with E-state index in [1.807, 2.05) is 12.1 Å². The summed E-state index contributed by atoms with van der Waals surface area (Å²) in [5.74, 6) is -0.427. The summed E-state index contributed by atoms with van der Waals surface area (Å²) in [5.41, 5.74) is -0.328. The molecule has 6 rings (SSSR count). The monoisotopic (exact) mass is 563 g/mol. The second-order valence-corrected chi connectivity index (χ2v) is 10.3. The minimum Gasteiger partial charge on any atom is -0.338 e. The van der Waals surface area contributed by atoms with Gasteiger partial charge in [0.15, 0.2) is 5.65 Å². The highest BCUT2D eigenvalue weighted by Crippen LogP contribution is 2.37. The maximum atomic E-state index is 13.5. The number of piperidine rings is 1. The molecule has 0 radical (unpaired) electrons.